The van der Waals surface area contributed by atoms with Gasteiger partial charge in [-0.1, -0.05) is 29.8 Å². The van der Waals surface area contributed by atoms with Crippen LogP contribution in [0.25, 0.3) is 0 Å². The summed E-state index contributed by atoms with van der Waals surface area (Å²) in [7, 11) is 0. The van der Waals surface area contributed by atoms with Gasteiger partial charge in [-0.15, -0.1) is 0 Å². The Bertz CT molecular complexity index is 882. The van der Waals surface area contributed by atoms with E-state index >= 15 is 4.39 Å². The number of rotatable bonds is 5. The second-order valence-electron chi connectivity index (χ2n) is 6.89. The summed E-state index contributed by atoms with van der Waals surface area (Å²) in [6, 6.07) is 5.58. The molecule has 0 aliphatic heterocycles. The van der Waals surface area contributed by atoms with Gasteiger partial charge < -0.3 is 4.98 Å². The third-order valence-corrected chi connectivity index (χ3v) is 4.97. The number of aryl methyl sites for hydroxylation is 1. The highest BCUT2D eigenvalue weighted by Gasteiger charge is 2.33. The smallest absolute Gasteiger partial charge is 0.254 e. The van der Waals surface area contributed by atoms with E-state index in [-0.39, 0.29) is 17.2 Å². The minimum atomic E-state index is -1.79. The number of benzene rings is 1. The Morgan fingerprint density at radius 2 is 2.16 bits per heavy atom. The van der Waals surface area contributed by atoms with Gasteiger partial charge in [0.1, 0.15) is 5.82 Å². The predicted molar refractivity (Wildman–Crippen MR) is 99.1 cm³/mol. The summed E-state index contributed by atoms with van der Waals surface area (Å²) in [6.45, 7) is 5.11. The SMILES string of the molecule is CC=CC(C)(F)c1nc(C2CC2)[nH]c(=O)c1Cc1ccc(Cl)c(C)c1. The molecule has 0 radical (unpaired) electrons. The maximum atomic E-state index is 15.3. The fourth-order valence-electron chi connectivity index (χ4n) is 3.05. The van der Waals surface area contributed by atoms with Gasteiger partial charge in [0, 0.05) is 22.9 Å². The molecule has 1 aromatic heterocycles. The Morgan fingerprint density at radius 1 is 1.44 bits per heavy atom. The van der Waals surface area contributed by atoms with Gasteiger partial charge in [-0.2, -0.15) is 0 Å². The van der Waals surface area contributed by atoms with Crippen molar-refractivity contribution in [1.82, 2.24) is 9.97 Å². The fraction of sp³-hybridized carbons (Fsp3) is 0.400. The third-order valence-electron chi connectivity index (χ3n) is 4.54. The van der Waals surface area contributed by atoms with E-state index in [1.54, 1.807) is 19.1 Å². The molecule has 1 atom stereocenters. The van der Waals surface area contributed by atoms with Crippen LogP contribution in [0.4, 0.5) is 4.39 Å². The number of aromatic amines is 1. The molecule has 1 heterocycles. The molecule has 0 amide bonds. The molecule has 3 rings (SSSR count). The topological polar surface area (TPSA) is 45.8 Å². The van der Waals surface area contributed by atoms with E-state index in [1.165, 1.54) is 13.0 Å². The van der Waals surface area contributed by atoms with Crippen LogP contribution >= 0.6 is 11.6 Å². The van der Waals surface area contributed by atoms with Crippen LogP contribution in [0.1, 0.15) is 60.8 Å². The first kappa shape index (κ1) is 17.9. The van der Waals surface area contributed by atoms with Crippen LogP contribution in [0.2, 0.25) is 5.02 Å². The van der Waals surface area contributed by atoms with Crippen LogP contribution in [-0.4, -0.2) is 9.97 Å². The van der Waals surface area contributed by atoms with E-state index in [0.29, 0.717) is 22.8 Å². The van der Waals surface area contributed by atoms with Gasteiger partial charge in [-0.25, -0.2) is 9.37 Å². The van der Waals surface area contributed by atoms with Crippen molar-refractivity contribution in [2.75, 3.05) is 0 Å². The number of allylic oxidation sites excluding steroid dienone is 2. The van der Waals surface area contributed by atoms with Crippen LogP contribution < -0.4 is 5.56 Å². The van der Waals surface area contributed by atoms with Gasteiger partial charge in [0.05, 0.1) is 5.69 Å². The zero-order valence-corrected chi connectivity index (χ0v) is 15.5. The highest BCUT2D eigenvalue weighted by atomic mass is 35.5. The molecule has 132 valence electrons. The molecule has 3 nitrogen and oxygen atoms in total. The minimum absolute atomic E-state index is 0.212. The zero-order chi connectivity index (χ0) is 18.2. The van der Waals surface area contributed by atoms with Crippen molar-refractivity contribution in [3.05, 3.63) is 73.9 Å². The van der Waals surface area contributed by atoms with Crippen molar-refractivity contribution in [2.24, 2.45) is 0 Å². The first-order valence-corrected chi connectivity index (χ1v) is 8.91. The van der Waals surface area contributed by atoms with Crippen molar-refractivity contribution >= 4 is 11.6 Å². The Labute approximate surface area is 152 Å². The van der Waals surface area contributed by atoms with Crippen molar-refractivity contribution in [3.63, 3.8) is 0 Å². The number of halogens is 2. The molecule has 0 spiro atoms. The third kappa shape index (κ3) is 3.84. The van der Waals surface area contributed by atoms with E-state index < -0.39 is 5.67 Å². The van der Waals surface area contributed by atoms with E-state index in [0.717, 1.165) is 24.0 Å². The zero-order valence-electron chi connectivity index (χ0n) is 14.7. The van der Waals surface area contributed by atoms with Crippen molar-refractivity contribution < 1.29 is 4.39 Å². The molecule has 0 bridgehead atoms. The summed E-state index contributed by atoms with van der Waals surface area (Å²) < 4.78 is 15.3. The fourth-order valence-corrected chi connectivity index (χ4v) is 3.16. The van der Waals surface area contributed by atoms with E-state index in [4.69, 9.17) is 11.6 Å². The average molecular weight is 361 g/mol. The highest BCUT2D eigenvalue weighted by molar-refractivity contribution is 6.31. The molecular weight excluding hydrogens is 339 g/mol. The van der Waals surface area contributed by atoms with Crippen molar-refractivity contribution in [3.8, 4) is 0 Å². The number of nitrogens with zero attached hydrogens (tertiary/aromatic N) is 1. The Kier molecular flexibility index (Phi) is 4.83. The van der Waals surface area contributed by atoms with Gasteiger partial charge in [0.25, 0.3) is 5.56 Å². The lowest BCUT2D eigenvalue weighted by atomic mass is 9.94. The predicted octanol–water partition coefficient (Wildman–Crippen LogP) is 4.96. The lowest BCUT2D eigenvalue weighted by Crippen LogP contribution is -2.27. The number of alkyl halides is 1. The number of H-pyrrole nitrogens is 1. The second-order valence-corrected chi connectivity index (χ2v) is 7.30. The maximum Gasteiger partial charge on any atom is 0.254 e. The van der Waals surface area contributed by atoms with Crippen molar-refractivity contribution in [1.29, 1.82) is 0 Å². The molecule has 1 unspecified atom stereocenters. The van der Waals surface area contributed by atoms with E-state index in [1.807, 2.05) is 19.1 Å². The standard InChI is InChI=1S/C20H22ClFN2O/c1-4-9-20(3,22)17-15(11-13-5-8-16(21)12(2)10-13)19(25)24-18(23-17)14-6-7-14/h4-5,8-10,14H,6-7,11H2,1-3H3,(H,23,24,25). The molecule has 1 saturated carbocycles. The average Bonchev–Trinajstić information content (AvgIpc) is 3.37. The first-order chi connectivity index (χ1) is 11.8. The summed E-state index contributed by atoms with van der Waals surface area (Å²) >= 11 is 6.07. The van der Waals surface area contributed by atoms with Gasteiger partial charge in [-0.3, -0.25) is 4.79 Å². The molecule has 2 aromatic rings. The number of nitrogens with one attached hydrogen (secondary N) is 1. The van der Waals surface area contributed by atoms with Crippen LogP contribution in [0.15, 0.2) is 35.1 Å². The van der Waals surface area contributed by atoms with Gasteiger partial charge in [0.2, 0.25) is 0 Å². The molecule has 5 heteroatoms. The quantitative estimate of drug-likeness (QED) is 0.766. The van der Waals surface area contributed by atoms with Gasteiger partial charge in [0.15, 0.2) is 5.67 Å². The number of aromatic nitrogens is 2. The molecular formula is C20H22ClFN2O. The van der Waals surface area contributed by atoms with Crippen LogP contribution in [0.3, 0.4) is 0 Å². The maximum absolute atomic E-state index is 15.3. The molecule has 1 aliphatic rings. The summed E-state index contributed by atoms with van der Waals surface area (Å²) in [5.41, 5.74) is 0.372. The first-order valence-electron chi connectivity index (χ1n) is 8.53. The molecule has 1 aromatic carbocycles. The Balaban J connectivity index is 2.10. The van der Waals surface area contributed by atoms with Crippen LogP contribution in [-0.2, 0) is 12.1 Å². The molecule has 1 aliphatic carbocycles. The highest BCUT2D eigenvalue weighted by Crippen LogP contribution is 2.39. The van der Waals surface area contributed by atoms with E-state index in [9.17, 15) is 4.79 Å². The summed E-state index contributed by atoms with van der Waals surface area (Å²) in [4.78, 5) is 20.1. The molecule has 1 fully saturated rings. The second kappa shape index (κ2) is 6.75. The normalized spacial score (nSPS) is 17.0. The number of hydrogen-bond acceptors (Lipinski definition) is 2. The molecule has 0 saturated heterocycles. The monoisotopic (exact) mass is 360 g/mol. The summed E-state index contributed by atoms with van der Waals surface area (Å²) in [5.74, 6) is 0.851. The number of hydrogen-bond donors (Lipinski definition) is 1. The lowest BCUT2D eigenvalue weighted by molar-refractivity contribution is 0.252. The summed E-state index contributed by atoms with van der Waals surface area (Å²) in [6.07, 6.45) is 5.39. The molecule has 25 heavy (non-hydrogen) atoms. The lowest BCUT2D eigenvalue weighted by Gasteiger charge is -2.20. The van der Waals surface area contributed by atoms with Crippen LogP contribution in [0.5, 0.6) is 0 Å². The van der Waals surface area contributed by atoms with E-state index in [2.05, 4.69) is 9.97 Å². The summed E-state index contributed by atoms with van der Waals surface area (Å²) in [5, 5.41) is 0.671. The largest absolute Gasteiger partial charge is 0.310 e. The van der Waals surface area contributed by atoms with Gasteiger partial charge in [-0.05, 0) is 56.9 Å². The van der Waals surface area contributed by atoms with Crippen molar-refractivity contribution in [2.45, 2.75) is 51.6 Å². The Morgan fingerprint density at radius 3 is 2.76 bits per heavy atom. The Hall–Kier alpha value is -1.94. The van der Waals surface area contributed by atoms with Crippen LogP contribution in [0, 0.1) is 6.92 Å². The molecule has 1 N–H and O–H groups in total. The van der Waals surface area contributed by atoms with Gasteiger partial charge >= 0.3 is 0 Å². The minimum Gasteiger partial charge on any atom is -0.310 e.